The molecule has 0 fully saturated rings. The minimum absolute atomic E-state index is 0.0900. The van der Waals surface area contributed by atoms with Gasteiger partial charge in [-0.05, 0) is 24.3 Å². The van der Waals surface area contributed by atoms with Crippen molar-refractivity contribution in [2.24, 2.45) is 0 Å². The van der Waals surface area contributed by atoms with Gasteiger partial charge in [0.15, 0.2) is 0 Å². The number of aromatic carboxylic acids is 1. The molecule has 0 saturated carbocycles. The number of benzene rings is 2. The van der Waals surface area contributed by atoms with Gasteiger partial charge in [-0.1, -0.05) is 0 Å². The van der Waals surface area contributed by atoms with E-state index in [1.807, 2.05) is 0 Å². The molecule has 0 spiro atoms. The number of carboxylic acid groups (broad SMARTS) is 1. The Bertz CT molecular complexity index is 711. The van der Waals surface area contributed by atoms with E-state index >= 15 is 0 Å². The van der Waals surface area contributed by atoms with Gasteiger partial charge < -0.3 is 15.5 Å². The number of phenols is 1. The van der Waals surface area contributed by atoms with Crippen molar-refractivity contribution in [3.8, 4) is 5.75 Å². The van der Waals surface area contributed by atoms with Crippen molar-refractivity contribution < 1.29 is 28.6 Å². The molecule has 108 valence electrons. The Morgan fingerprint density at radius 3 is 2.14 bits per heavy atom. The Kier molecular flexibility index (Phi) is 3.84. The molecule has 0 aromatic heterocycles. The number of amides is 1. The highest BCUT2D eigenvalue weighted by molar-refractivity contribution is 6.04. The van der Waals surface area contributed by atoms with Gasteiger partial charge in [0, 0.05) is 23.4 Å². The van der Waals surface area contributed by atoms with Crippen molar-refractivity contribution in [1.82, 2.24) is 0 Å². The first-order valence-corrected chi connectivity index (χ1v) is 5.70. The van der Waals surface area contributed by atoms with Crippen LogP contribution in [0.5, 0.6) is 5.75 Å². The zero-order chi connectivity index (χ0) is 15.6. The van der Waals surface area contributed by atoms with Crippen LogP contribution in [0.15, 0.2) is 36.4 Å². The van der Waals surface area contributed by atoms with E-state index in [-0.39, 0.29) is 16.8 Å². The third-order valence-electron chi connectivity index (χ3n) is 2.61. The smallest absolute Gasteiger partial charge is 0.339 e. The molecule has 7 heteroatoms. The molecule has 0 heterocycles. The second-order valence-corrected chi connectivity index (χ2v) is 4.15. The fourth-order valence-corrected chi connectivity index (χ4v) is 1.68. The number of carbonyl (C=O) groups is 2. The van der Waals surface area contributed by atoms with Crippen LogP contribution >= 0.6 is 0 Å². The molecule has 2 aromatic rings. The molecule has 1 amide bonds. The first kappa shape index (κ1) is 14.4. The maximum absolute atomic E-state index is 13.0. The molecule has 21 heavy (non-hydrogen) atoms. The topological polar surface area (TPSA) is 86.6 Å². The predicted molar refractivity (Wildman–Crippen MR) is 69.4 cm³/mol. The predicted octanol–water partition coefficient (Wildman–Crippen LogP) is 2.62. The van der Waals surface area contributed by atoms with E-state index in [2.05, 4.69) is 5.32 Å². The Balaban J connectivity index is 2.23. The lowest BCUT2D eigenvalue weighted by Gasteiger charge is -2.07. The Labute approximate surface area is 117 Å². The number of hydrogen-bond acceptors (Lipinski definition) is 3. The summed E-state index contributed by atoms with van der Waals surface area (Å²) in [5, 5.41) is 20.5. The highest BCUT2D eigenvalue weighted by Crippen LogP contribution is 2.22. The van der Waals surface area contributed by atoms with Crippen LogP contribution in [0.3, 0.4) is 0 Å². The SMILES string of the molecule is O=C(Nc1ccc(C(=O)O)c(O)c1)c1cc(F)cc(F)c1. The fourth-order valence-electron chi connectivity index (χ4n) is 1.68. The molecular formula is C14H9F2NO4. The summed E-state index contributed by atoms with van der Waals surface area (Å²) in [5.41, 5.74) is -0.480. The molecule has 0 radical (unpaired) electrons. The third kappa shape index (κ3) is 3.33. The minimum atomic E-state index is -1.32. The van der Waals surface area contributed by atoms with Crippen molar-refractivity contribution in [1.29, 1.82) is 0 Å². The Morgan fingerprint density at radius 2 is 1.62 bits per heavy atom. The van der Waals surface area contributed by atoms with E-state index in [1.165, 1.54) is 6.07 Å². The summed E-state index contributed by atoms with van der Waals surface area (Å²) < 4.78 is 26.0. The van der Waals surface area contributed by atoms with Gasteiger partial charge in [0.2, 0.25) is 0 Å². The molecule has 0 unspecified atom stereocenters. The van der Waals surface area contributed by atoms with Crippen molar-refractivity contribution in [2.45, 2.75) is 0 Å². The number of anilines is 1. The molecule has 0 atom stereocenters. The van der Waals surface area contributed by atoms with Gasteiger partial charge in [-0.25, -0.2) is 13.6 Å². The van der Waals surface area contributed by atoms with Gasteiger partial charge in [-0.3, -0.25) is 4.79 Å². The summed E-state index contributed by atoms with van der Waals surface area (Å²) in [4.78, 5) is 22.5. The molecule has 3 N–H and O–H groups in total. The van der Waals surface area contributed by atoms with Gasteiger partial charge in [-0.2, -0.15) is 0 Å². The van der Waals surface area contributed by atoms with E-state index in [0.717, 1.165) is 24.3 Å². The number of halogens is 2. The maximum atomic E-state index is 13.0. The molecule has 0 bridgehead atoms. The van der Waals surface area contributed by atoms with E-state index in [4.69, 9.17) is 5.11 Å². The molecule has 0 aliphatic rings. The van der Waals surface area contributed by atoms with Crippen LogP contribution in [-0.2, 0) is 0 Å². The van der Waals surface area contributed by atoms with Crippen LogP contribution in [0.25, 0.3) is 0 Å². The summed E-state index contributed by atoms with van der Waals surface area (Å²) in [6.45, 7) is 0. The first-order valence-electron chi connectivity index (χ1n) is 5.70. The van der Waals surface area contributed by atoms with Gasteiger partial charge in [0.1, 0.15) is 22.9 Å². The van der Waals surface area contributed by atoms with Gasteiger partial charge in [-0.15, -0.1) is 0 Å². The quantitative estimate of drug-likeness (QED) is 0.812. The van der Waals surface area contributed by atoms with Crippen molar-refractivity contribution in [2.75, 3.05) is 5.32 Å². The van der Waals surface area contributed by atoms with Crippen LogP contribution < -0.4 is 5.32 Å². The van der Waals surface area contributed by atoms with Crippen molar-refractivity contribution in [3.63, 3.8) is 0 Å². The number of rotatable bonds is 3. The van der Waals surface area contributed by atoms with E-state index in [1.54, 1.807) is 0 Å². The summed E-state index contributed by atoms with van der Waals surface area (Å²) >= 11 is 0. The second-order valence-electron chi connectivity index (χ2n) is 4.15. The van der Waals surface area contributed by atoms with E-state index in [9.17, 15) is 23.5 Å². The Hall–Kier alpha value is -2.96. The summed E-state index contributed by atoms with van der Waals surface area (Å²) in [6, 6.07) is 5.70. The average molecular weight is 293 g/mol. The van der Waals surface area contributed by atoms with Crippen LogP contribution in [0.2, 0.25) is 0 Å². The van der Waals surface area contributed by atoms with Crippen LogP contribution in [0.1, 0.15) is 20.7 Å². The maximum Gasteiger partial charge on any atom is 0.339 e. The van der Waals surface area contributed by atoms with Crippen molar-refractivity contribution >= 4 is 17.6 Å². The van der Waals surface area contributed by atoms with Crippen LogP contribution in [0.4, 0.5) is 14.5 Å². The van der Waals surface area contributed by atoms with Gasteiger partial charge in [0.05, 0.1) is 0 Å². The summed E-state index contributed by atoms with van der Waals surface area (Å²) in [6.07, 6.45) is 0. The monoisotopic (exact) mass is 293 g/mol. The molecular weight excluding hydrogens is 284 g/mol. The number of aromatic hydroxyl groups is 1. The normalized spacial score (nSPS) is 10.2. The molecule has 0 saturated heterocycles. The number of carboxylic acids is 1. The van der Waals surface area contributed by atoms with Crippen molar-refractivity contribution in [3.05, 3.63) is 59.2 Å². The largest absolute Gasteiger partial charge is 0.507 e. The molecule has 2 aromatic carbocycles. The summed E-state index contributed by atoms with van der Waals surface area (Å²) in [5.74, 6) is -4.45. The highest BCUT2D eigenvalue weighted by Gasteiger charge is 2.13. The fraction of sp³-hybridized carbons (Fsp3) is 0. The molecule has 0 aliphatic carbocycles. The number of hydrogen-bond donors (Lipinski definition) is 3. The second kappa shape index (κ2) is 5.58. The average Bonchev–Trinajstić information content (AvgIpc) is 2.37. The van der Waals surface area contributed by atoms with Crippen LogP contribution in [0, 0.1) is 11.6 Å². The zero-order valence-corrected chi connectivity index (χ0v) is 10.4. The van der Waals surface area contributed by atoms with Gasteiger partial charge >= 0.3 is 5.97 Å². The number of nitrogens with one attached hydrogen (secondary N) is 1. The summed E-state index contributed by atoms with van der Waals surface area (Å²) in [7, 11) is 0. The van der Waals surface area contributed by atoms with E-state index < -0.39 is 29.3 Å². The Morgan fingerprint density at radius 1 is 1.00 bits per heavy atom. The minimum Gasteiger partial charge on any atom is -0.507 e. The molecule has 0 aliphatic heterocycles. The van der Waals surface area contributed by atoms with Gasteiger partial charge in [0.25, 0.3) is 5.91 Å². The third-order valence-corrected chi connectivity index (χ3v) is 2.61. The lowest BCUT2D eigenvalue weighted by Crippen LogP contribution is -2.12. The van der Waals surface area contributed by atoms with E-state index in [0.29, 0.717) is 6.07 Å². The highest BCUT2D eigenvalue weighted by atomic mass is 19.1. The lowest BCUT2D eigenvalue weighted by atomic mass is 10.1. The first-order chi connectivity index (χ1) is 9.86. The molecule has 2 rings (SSSR count). The standard InChI is InChI=1S/C14H9F2NO4/c15-8-3-7(4-9(16)5-8)13(19)17-10-1-2-11(14(20)21)12(18)6-10/h1-6,18H,(H,17,19)(H,20,21). The van der Waals surface area contributed by atoms with Crippen LogP contribution in [-0.4, -0.2) is 22.1 Å². The lowest BCUT2D eigenvalue weighted by molar-refractivity contribution is 0.0693. The number of carbonyl (C=O) groups excluding carboxylic acids is 1. The zero-order valence-electron chi connectivity index (χ0n) is 10.4. The molecule has 5 nitrogen and oxygen atoms in total.